The van der Waals surface area contributed by atoms with E-state index < -0.39 is 17.7 Å². The van der Waals surface area contributed by atoms with Crippen LogP contribution in [0.15, 0.2) is 60.2 Å². The maximum absolute atomic E-state index is 13.8. The van der Waals surface area contributed by atoms with Crippen molar-refractivity contribution in [2.24, 2.45) is 0 Å². The van der Waals surface area contributed by atoms with Crippen LogP contribution in [0.2, 0.25) is 0 Å². The average molecular weight is 605 g/mol. The minimum atomic E-state index is -1.07. The number of thiazole rings is 1. The van der Waals surface area contributed by atoms with Gasteiger partial charge in [-0.15, -0.1) is 0 Å². The van der Waals surface area contributed by atoms with Crippen LogP contribution in [0.25, 0.3) is 16.0 Å². The molecule has 224 valence electrons. The van der Waals surface area contributed by atoms with Crippen molar-refractivity contribution in [3.63, 3.8) is 0 Å². The summed E-state index contributed by atoms with van der Waals surface area (Å²) >= 11 is 1.24. The standard InChI is InChI=1S/C32H32N2O8S/c1-6-13-42-20-10-8-9-18(14-20)28(35)26-27(19-15-23(38-3)30(40-5)24(16-19)39-4)34(31(37)29(26)36)32-33-22-12-11-21(41-7-2)17-25(22)43-32/h8-12,14-17,27,35H,6-7,13H2,1-5H3/b28-26+. The summed E-state index contributed by atoms with van der Waals surface area (Å²) in [6.45, 7) is 4.87. The highest BCUT2D eigenvalue weighted by Gasteiger charge is 2.48. The molecule has 4 aromatic rings. The SMILES string of the molecule is CCCOc1cccc(/C(O)=C2\C(=O)C(=O)N(c3nc4ccc(OCC)cc4s3)C2c2cc(OC)c(OC)c(OC)c2)c1. The second-order valence-corrected chi connectivity index (χ2v) is 10.6. The van der Waals surface area contributed by atoms with Crippen molar-refractivity contribution in [1.82, 2.24) is 4.98 Å². The van der Waals surface area contributed by atoms with Crippen LogP contribution in [-0.2, 0) is 9.59 Å². The van der Waals surface area contributed by atoms with Gasteiger partial charge < -0.3 is 28.8 Å². The molecule has 43 heavy (non-hydrogen) atoms. The third-order valence-corrected chi connectivity index (χ3v) is 7.91. The fraction of sp³-hybridized carbons (Fsp3) is 0.281. The lowest BCUT2D eigenvalue weighted by Gasteiger charge is -2.24. The molecule has 0 saturated carbocycles. The largest absolute Gasteiger partial charge is 0.507 e. The van der Waals surface area contributed by atoms with Crippen molar-refractivity contribution in [2.45, 2.75) is 26.3 Å². The number of aliphatic hydroxyl groups excluding tert-OH is 1. The lowest BCUT2D eigenvalue weighted by Crippen LogP contribution is -2.29. The summed E-state index contributed by atoms with van der Waals surface area (Å²) in [7, 11) is 4.43. The number of ether oxygens (including phenoxy) is 5. The van der Waals surface area contributed by atoms with Gasteiger partial charge in [0.25, 0.3) is 5.78 Å². The molecule has 5 rings (SSSR count). The monoisotopic (exact) mass is 604 g/mol. The Balaban J connectivity index is 1.73. The number of fused-ring (bicyclic) bond motifs is 1. The number of carbonyl (C=O) groups excluding carboxylic acids is 2. The minimum absolute atomic E-state index is 0.110. The number of Topliss-reactive ketones (excluding diaryl/α,β-unsaturated/α-hetero) is 1. The normalized spacial score (nSPS) is 16.0. The molecule has 10 nitrogen and oxygen atoms in total. The number of nitrogens with zero attached hydrogens (tertiary/aromatic N) is 2. The van der Waals surface area contributed by atoms with Crippen LogP contribution >= 0.6 is 11.3 Å². The Hall–Kier alpha value is -4.77. The number of ketones is 1. The smallest absolute Gasteiger partial charge is 0.301 e. The molecule has 0 radical (unpaired) electrons. The molecule has 2 heterocycles. The Labute approximate surface area is 253 Å². The Kier molecular flexibility index (Phi) is 8.72. The van der Waals surface area contributed by atoms with Gasteiger partial charge in [-0.05, 0) is 61.4 Å². The first-order valence-electron chi connectivity index (χ1n) is 13.7. The zero-order valence-electron chi connectivity index (χ0n) is 24.5. The van der Waals surface area contributed by atoms with E-state index in [0.29, 0.717) is 58.6 Å². The predicted octanol–water partition coefficient (Wildman–Crippen LogP) is 6.14. The van der Waals surface area contributed by atoms with Crippen LogP contribution in [0.4, 0.5) is 5.13 Å². The van der Waals surface area contributed by atoms with Crippen molar-refractivity contribution in [3.8, 4) is 28.7 Å². The zero-order valence-corrected chi connectivity index (χ0v) is 25.3. The first-order chi connectivity index (χ1) is 20.8. The molecule has 11 heteroatoms. The van der Waals surface area contributed by atoms with Crippen LogP contribution in [0, 0.1) is 0 Å². The summed E-state index contributed by atoms with van der Waals surface area (Å²) in [6, 6.07) is 14.4. The lowest BCUT2D eigenvalue weighted by molar-refractivity contribution is -0.132. The van der Waals surface area contributed by atoms with Crippen molar-refractivity contribution in [2.75, 3.05) is 39.4 Å². The second-order valence-electron chi connectivity index (χ2n) is 9.56. The highest BCUT2D eigenvalue weighted by atomic mass is 32.1. The number of carbonyl (C=O) groups is 2. The van der Waals surface area contributed by atoms with Crippen LogP contribution < -0.4 is 28.6 Å². The van der Waals surface area contributed by atoms with E-state index in [2.05, 4.69) is 0 Å². The third kappa shape index (κ3) is 5.55. The molecule has 0 bridgehead atoms. The van der Waals surface area contributed by atoms with E-state index in [0.717, 1.165) is 11.1 Å². The number of hydrogen-bond donors (Lipinski definition) is 1. The molecule has 0 aliphatic carbocycles. The van der Waals surface area contributed by atoms with Gasteiger partial charge in [0, 0.05) is 5.56 Å². The number of benzene rings is 3. The predicted molar refractivity (Wildman–Crippen MR) is 164 cm³/mol. The lowest BCUT2D eigenvalue weighted by atomic mass is 9.94. The van der Waals surface area contributed by atoms with Crippen molar-refractivity contribution in [1.29, 1.82) is 0 Å². The summed E-state index contributed by atoms with van der Waals surface area (Å²) in [5.74, 6) is 0.148. The van der Waals surface area contributed by atoms with Gasteiger partial charge in [0.15, 0.2) is 16.6 Å². The molecule has 1 unspecified atom stereocenters. The molecule has 1 fully saturated rings. The number of anilines is 1. The van der Waals surface area contributed by atoms with Gasteiger partial charge in [0.1, 0.15) is 17.3 Å². The van der Waals surface area contributed by atoms with Crippen molar-refractivity contribution >= 4 is 44.1 Å². The number of aliphatic hydroxyl groups is 1. The summed E-state index contributed by atoms with van der Waals surface area (Å²) in [5.41, 5.74) is 1.30. The quantitative estimate of drug-likeness (QED) is 0.122. The maximum atomic E-state index is 13.8. The van der Waals surface area contributed by atoms with Gasteiger partial charge in [0.05, 0.1) is 56.4 Å². The summed E-state index contributed by atoms with van der Waals surface area (Å²) in [6.07, 6.45) is 0.802. The second kappa shape index (κ2) is 12.6. The van der Waals surface area contributed by atoms with E-state index in [1.165, 1.54) is 37.6 Å². The number of methoxy groups -OCH3 is 3. The van der Waals surface area contributed by atoms with E-state index in [1.807, 2.05) is 19.9 Å². The Bertz CT molecular complexity index is 1690. The highest BCUT2D eigenvalue weighted by molar-refractivity contribution is 7.22. The third-order valence-electron chi connectivity index (χ3n) is 6.89. The van der Waals surface area contributed by atoms with Crippen LogP contribution in [0.1, 0.15) is 37.4 Å². The van der Waals surface area contributed by atoms with Gasteiger partial charge in [-0.3, -0.25) is 14.5 Å². The zero-order chi connectivity index (χ0) is 30.7. The van der Waals surface area contributed by atoms with E-state index >= 15 is 0 Å². The maximum Gasteiger partial charge on any atom is 0.301 e. The van der Waals surface area contributed by atoms with Crippen LogP contribution in [0.5, 0.6) is 28.7 Å². The van der Waals surface area contributed by atoms with Gasteiger partial charge in [-0.2, -0.15) is 0 Å². The molecular weight excluding hydrogens is 572 g/mol. The molecule has 1 aromatic heterocycles. The molecule has 1 atom stereocenters. The van der Waals surface area contributed by atoms with Gasteiger partial charge in [0.2, 0.25) is 5.75 Å². The molecule has 1 saturated heterocycles. The average Bonchev–Trinajstić information content (AvgIpc) is 3.56. The summed E-state index contributed by atoms with van der Waals surface area (Å²) in [4.78, 5) is 33.5. The van der Waals surface area contributed by atoms with Crippen molar-refractivity contribution in [3.05, 3.63) is 71.3 Å². The molecule has 1 aliphatic heterocycles. The fourth-order valence-corrected chi connectivity index (χ4v) is 5.99. The fourth-order valence-electron chi connectivity index (χ4n) is 4.97. The van der Waals surface area contributed by atoms with Gasteiger partial charge in [-0.25, -0.2) is 4.98 Å². The van der Waals surface area contributed by atoms with Crippen molar-refractivity contribution < 1.29 is 38.4 Å². The van der Waals surface area contributed by atoms with Crippen LogP contribution in [-0.4, -0.2) is 56.3 Å². The molecular formula is C32H32N2O8S. The number of hydrogen-bond acceptors (Lipinski definition) is 10. The van der Waals surface area contributed by atoms with Gasteiger partial charge in [-0.1, -0.05) is 30.4 Å². The Morgan fingerprint density at radius 2 is 1.65 bits per heavy atom. The highest BCUT2D eigenvalue weighted by Crippen LogP contribution is 2.48. The van der Waals surface area contributed by atoms with E-state index in [9.17, 15) is 14.7 Å². The first-order valence-corrected chi connectivity index (χ1v) is 14.5. The number of rotatable bonds is 11. The Morgan fingerprint density at radius 3 is 2.30 bits per heavy atom. The molecule has 1 aliphatic rings. The topological polar surface area (TPSA) is 117 Å². The minimum Gasteiger partial charge on any atom is -0.507 e. The summed E-state index contributed by atoms with van der Waals surface area (Å²) in [5, 5.41) is 11.9. The molecule has 3 aromatic carbocycles. The van der Waals surface area contributed by atoms with E-state index in [-0.39, 0.29) is 16.5 Å². The number of amides is 1. The Morgan fingerprint density at radius 1 is 0.930 bits per heavy atom. The molecule has 1 N–H and O–H groups in total. The molecule has 1 amide bonds. The van der Waals surface area contributed by atoms with E-state index in [4.69, 9.17) is 28.7 Å². The first kappa shape index (κ1) is 29.7. The summed E-state index contributed by atoms with van der Waals surface area (Å²) < 4.78 is 28.8. The van der Waals surface area contributed by atoms with Gasteiger partial charge >= 0.3 is 5.91 Å². The number of aromatic nitrogens is 1. The van der Waals surface area contributed by atoms with E-state index in [1.54, 1.807) is 48.5 Å². The molecule has 0 spiro atoms. The van der Waals surface area contributed by atoms with Crippen LogP contribution in [0.3, 0.4) is 0 Å².